The van der Waals surface area contributed by atoms with Gasteiger partial charge in [0.2, 0.25) is 0 Å². The van der Waals surface area contributed by atoms with Crippen molar-refractivity contribution < 1.29 is 9.90 Å². The lowest BCUT2D eigenvalue weighted by Crippen LogP contribution is -2.38. The fourth-order valence-electron chi connectivity index (χ4n) is 2.42. The summed E-state index contributed by atoms with van der Waals surface area (Å²) in [7, 11) is 0. The summed E-state index contributed by atoms with van der Waals surface area (Å²) in [6, 6.07) is 9.78. The van der Waals surface area contributed by atoms with Crippen LogP contribution in [0.5, 0.6) is 0 Å². The molecule has 0 bridgehead atoms. The number of carbonyl (C=O) groups is 1. The molecular weight excluding hydrogens is 216 g/mol. The van der Waals surface area contributed by atoms with Gasteiger partial charge in [-0.05, 0) is 30.9 Å². The van der Waals surface area contributed by atoms with Gasteiger partial charge in [-0.25, -0.2) is 0 Å². The van der Waals surface area contributed by atoms with Crippen LogP contribution in [0.15, 0.2) is 35.4 Å². The van der Waals surface area contributed by atoms with Gasteiger partial charge in [0.05, 0.1) is 11.7 Å². The number of nitrogens with zero attached hydrogens (tertiary/aromatic N) is 2. The molecule has 1 saturated carbocycles. The summed E-state index contributed by atoms with van der Waals surface area (Å²) in [6.07, 6.45) is 3.79. The van der Waals surface area contributed by atoms with Gasteiger partial charge in [-0.3, -0.25) is 9.80 Å². The Hall–Kier alpha value is -1.84. The van der Waals surface area contributed by atoms with Crippen molar-refractivity contribution >= 4 is 17.9 Å². The molecule has 17 heavy (non-hydrogen) atoms. The summed E-state index contributed by atoms with van der Waals surface area (Å²) >= 11 is 0. The lowest BCUT2D eigenvalue weighted by molar-refractivity contribution is -0.139. The summed E-state index contributed by atoms with van der Waals surface area (Å²) in [4.78, 5) is 11.2. The van der Waals surface area contributed by atoms with E-state index in [2.05, 4.69) is 5.10 Å². The van der Waals surface area contributed by atoms with Gasteiger partial charge >= 0.3 is 5.97 Å². The third-order valence-corrected chi connectivity index (χ3v) is 3.41. The number of carboxylic acids is 1. The van der Waals surface area contributed by atoms with Gasteiger partial charge in [0.1, 0.15) is 5.92 Å². The average Bonchev–Trinajstić information content (AvgIpc) is 3.08. The maximum Gasteiger partial charge on any atom is 0.314 e. The van der Waals surface area contributed by atoms with Gasteiger partial charge in [0, 0.05) is 6.21 Å². The lowest BCUT2D eigenvalue weighted by Gasteiger charge is -2.26. The van der Waals surface area contributed by atoms with E-state index in [-0.39, 0.29) is 6.04 Å². The van der Waals surface area contributed by atoms with Gasteiger partial charge in [0.15, 0.2) is 0 Å². The molecule has 88 valence electrons. The van der Waals surface area contributed by atoms with Crippen LogP contribution in [0.4, 0.5) is 5.69 Å². The molecule has 2 unspecified atom stereocenters. The maximum atomic E-state index is 11.2. The quantitative estimate of drug-likeness (QED) is 0.863. The van der Waals surface area contributed by atoms with E-state index in [0.717, 1.165) is 18.5 Å². The first kappa shape index (κ1) is 10.3. The summed E-state index contributed by atoms with van der Waals surface area (Å²) in [5.41, 5.74) is 0.976. The average molecular weight is 230 g/mol. The van der Waals surface area contributed by atoms with Crippen LogP contribution in [0.2, 0.25) is 0 Å². The first-order valence-corrected chi connectivity index (χ1v) is 5.88. The van der Waals surface area contributed by atoms with Gasteiger partial charge in [0.25, 0.3) is 0 Å². The Morgan fingerprint density at radius 1 is 1.29 bits per heavy atom. The summed E-state index contributed by atoms with van der Waals surface area (Å²) in [6.45, 7) is 0. The summed E-state index contributed by atoms with van der Waals surface area (Å²) < 4.78 is 0. The monoisotopic (exact) mass is 230 g/mol. The predicted molar refractivity (Wildman–Crippen MR) is 65.1 cm³/mol. The highest BCUT2D eigenvalue weighted by Gasteiger charge is 2.46. The second kappa shape index (κ2) is 3.87. The van der Waals surface area contributed by atoms with Crippen LogP contribution in [0.25, 0.3) is 0 Å². The second-order valence-corrected chi connectivity index (χ2v) is 4.64. The molecular formula is C13H14N2O2. The van der Waals surface area contributed by atoms with Crippen molar-refractivity contribution in [3.63, 3.8) is 0 Å². The molecule has 1 aliphatic heterocycles. The molecule has 1 aromatic carbocycles. The van der Waals surface area contributed by atoms with Crippen LogP contribution < -0.4 is 5.01 Å². The number of anilines is 1. The SMILES string of the molecule is O=C(O)C1C=NN(c2ccccc2)C1C1CC1. The van der Waals surface area contributed by atoms with E-state index in [1.807, 2.05) is 35.3 Å². The molecule has 4 heteroatoms. The Kier molecular flexibility index (Phi) is 2.35. The number of benzene rings is 1. The van der Waals surface area contributed by atoms with Crippen LogP contribution in [-0.4, -0.2) is 23.3 Å². The Balaban J connectivity index is 1.90. The third kappa shape index (κ3) is 1.79. The van der Waals surface area contributed by atoms with E-state index in [1.165, 1.54) is 0 Å². The molecule has 1 aromatic rings. The zero-order chi connectivity index (χ0) is 11.8. The minimum atomic E-state index is -0.774. The molecule has 0 saturated heterocycles. The fourth-order valence-corrected chi connectivity index (χ4v) is 2.42. The minimum Gasteiger partial charge on any atom is -0.481 e. The van der Waals surface area contributed by atoms with Crippen LogP contribution in [0, 0.1) is 11.8 Å². The lowest BCUT2D eigenvalue weighted by atomic mass is 9.97. The number of para-hydroxylation sites is 1. The highest BCUT2D eigenvalue weighted by Crippen LogP contribution is 2.42. The van der Waals surface area contributed by atoms with Gasteiger partial charge in [-0.2, -0.15) is 5.10 Å². The van der Waals surface area contributed by atoms with Gasteiger partial charge in [-0.15, -0.1) is 0 Å². The van der Waals surface area contributed by atoms with E-state index >= 15 is 0 Å². The Bertz CT molecular complexity index is 454. The van der Waals surface area contributed by atoms with Crippen molar-refractivity contribution in [2.45, 2.75) is 18.9 Å². The standard InChI is InChI=1S/C13H14N2O2/c16-13(17)11-8-14-15(12(11)9-6-7-9)10-4-2-1-3-5-10/h1-5,8-9,11-12H,6-7H2,(H,16,17). The molecule has 0 radical (unpaired) electrons. The van der Waals surface area contributed by atoms with E-state index in [4.69, 9.17) is 0 Å². The number of hydrogen-bond donors (Lipinski definition) is 1. The van der Waals surface area contributed by atoms with E-state index < -0.39 is 11.9 Å². The molecule has 1 N–H and O–H groups in total. The third-order valence-electron chi connectivity index (χ3n) is 3.41. The van der Waals surface area contributed by atoms with Gasteiger partial charge in [-0.1, -0.05) is 18.2 Å². The summed E-state index contributed by atoms with van der Waals surface area (Å²) in [5.74, 6) is -0.773. The van der Waals surface area contributed by atoms with Crippen LogP contribution >= 0.6 is 0 Å². The van der Waals surface area contributed by atoms with Crippen LogP contribution in [0.3, 0.4) is 0 Å². The normalized spacial score (nSPS) is 27.4. The van der Waals surface area contributed by atoms with E-state index in [0.29, 0.717) is 5.92 Å². The molecule has 1 aliphatic carbocycles. The second-order valence-electron chi connectivity index (χ2n) is 4.64. The summed E-state index contributed by atoms with van der Waals surface area (Å²) in [5, 5.41) is 15.4. The van der Waals surface area contributed by atoms with Crippen molar-refractivity contribution in [1.29, 1.82) is 0 Å². The zero-order valence-electron chi connectivity index (χ0n) is 9.36. The predicted octanol–water partition coefficient (Wildman–Crippen LogP) is 1.97. The molecule has 1 heterocycles. The number of rotatable bonds is 3. The largest absolute Gasteiger partial charge is 0.481 e. The zero-order valence-corrected chi connectivity index (χ0v) is 9.36. The maximum absolute atomic E-state index is 11.2. The fraction of sp³-hybridized carbons (Fsp3) is 0.385. The van der Waals surface area contributed by atoms with Crippen LogP contribution in [0.1, 0.15) is 12.8 Å². The molecule has 1 fully saturated rings. The highest BCUT2D eigenvalue weighted by atomic mass is 16.4. The van der Waals surface area contributed by atoms with E-state index in [1.54, 1.807) is 6.21 Å². The Labute approximate surface area is 99.6 Å². The minimum absolute atomic E-state index is 0.00472. The van der Waals surface area contributed by atoms with Crippen molar-refractivity contribution in [3.05, 3.63) is 30.3 Å². The van der Waals surface area contributed by atoms with Crippen molar-refractivity contribution in [3.8, 4) is 0 Å². The Morgan fingerprint density at radius 3 is 2.59 bits per heavy atom. The van der Waals surface area contributed by atoms with Crippen molar-refractivity contribution in [2.24, 2.45) is 16.9 Å². The molecule has 0 aromatic heterocycles. The Morgan fingerprint density at radius 2 is 2.00 bits per heavy atom. The molecule has 2 atom stereocenters. The molecule has 0 spiro atoms. The topological polar surface area (TPSA) is 52.9 Å². The van der Waals surface area contributed by atoms with E-state index in [9.17, 15) is 9.90 Å². The number of carboxylic acid groups (broad SMARTS) is 1. The van der Waals surface area contributed by atoms with Crippen molar-refractivity contribution in [1.82, 2.24) is 0 Å². The molecule has 3 rings (SSSR count). The number of hydrogen-bond acceptors (Lipinski definition) is 3. The molecule has 4 nitrogen and oxygen atoms in total. The van der Waals surface area contributed by atoms with Crippen molar-refractivity contribution in [2.75, 3.05) is 5.01 Å². The van der Waals surface area contributed by atoms with Crippen LogP contribution in [-0.2, 0) is 4.79 Å². The number of hydrazone groups is 1. The first-order valence-electron chi connectivity index (χ1n) is 5.88. The van der Waals surface area contributed by atoms with Gasteiger partial charge < -0.3 is 5.11 Å². The smallest absolute Gasteiger partial charge is 0.314 e. The molecule has 0 amide bonds. The molecule has 2 aliphatic rings. The highest BCUT2D eigenvalue weighted by molar-refractivity contribution is 5.92. The number of aliphatic carboxylic acids is 1. The first-order chi connectivity index (χ1) is 8.27.